The molecule has 23 heavy (non-hydrogen) atoms. The topological polar surface area (TPSA) is 52.7 Å². The number of carbonyl (C=O) groups excluding carboxylic acids is 2. The Balaban J connectivity index is 1.87. The molecule has 0 aromatic heterocycles. The molecule has 0 spiro atoms. The summed E-state index contributed by atoms with van der Waals surface area (Å²) in [4.78, 5) is 28.2. The van der Waals surface area contributed by atoms with Gasteiger partial charge < -0.3 is 15.1 Å². The molecule has 1 N–H and O–H groups in total. The van der Waals surface area contributed by atoms with Crippen molar-refractivity contribution in [2.45, 2.75) is 33.1 Å². The van der Waals surface area contributed by atoms with E-state index in [4.69, 9.17) is 0 Å². The van der Waals surface area contributed by atoms with E-state index in [9.17, 15) is 9.59 Å². The zero-order valence-corrected chi connectivity index (χ0v) is 14.2. The lowest BCUT2D eigenvalue weighted by Crippen LogP contribution is -2.43. The lowest BCUT2D eigenvalue weighted by atomic mass is 10.1. The third kappa shape index (κ3) is 5.27. The van der Waals surface area contributed by atoms with Crippen LogP contribution in [0.25, 0.3) is 0 Å². The van der Waals surface area contributed by atoms with Crippen LogP contribution >= 0.6 is 0 Å². The molecule has 3 amide bonds. The van der Waals surface area contributed by atoms with Gasteiger partial charge in [0, 0.05) is 32.7 Å². The van der Waals surface area contributed by atoms with E-state index in [-0.39, 0.29) is 11.9 Å². The molecular weight excluding hydrogens is 290 g/mol. The molecule has 1 aromatic rings. The molecule has 1 aliphatic rings. The van der Waals surface area contributed by atoms with Crippen molar-refractivity contribution < 1.29 is 9.59 Å². The molecule has 1 heterocycles. The van der Waals surface area contributed by atoms with Gasteiger partial charge in [-0.1, -0.05) is 36.8 Å². The van der Waals surface area contributed by atoms with Gasteiger partial charge in [0.15, 0.2) is 0 Å². The number of aryl methyl sites for hydroxylation is 1. The fourth-order valence-electron chi connectivity index (χ4n) is 2.82. The van der Waals surface area contributed by atoms with Crippen molar-refractivity contribution in [2.24, 2.45) is 0 Å². The molecule has 1 aliphatic heterocycles. The van der Waals surface area contributed by atoms with E-state index in [0.29, 0.717) is 32.6 Å². The van der Waals surface area contributed by atoms with Crippen molar-refractivity contribution in [1.82, 2.24) is 15.1 Å². The third-order valence-electron chi connectivity index (χ3n) is 4.10. The van der Waals surface area contributed by atoms with Crippen LogP contribution in [0, 0.1) is 6.92 Å². The van der Waals surface area contributed by atoms with Crippen LogP contribution in [-0.2, 0) is 11.2 Å². The number of nitrogens with one attached hydrogen (secondary N) is 1. The highest BCUT2D eigenvalue weighted by Gasteiger charge is 2.21. The van der Waals surface area contributed by atoms with E-state index in [0.717, 1.165) is 24.9 Å². The maximum Gasteiger partial charge on any atom is 0.317 e. The second kappa shape index (κ2) is 8.56. The normalized spacial score (nSPS) is 15.2. The minimum Gasteiger partial charge on any atom is -0.341 e. The first-order chi connectivity index (χ1) is 11.1. The molecular formula is C18H27N3O2. The Morgan fingerprint density at radius 2 is 1.87 bits per heavy atom. The molecule has 126 valence electrons. The van der Waals surface area contributed by atoms with Gasteiger partial charge in [0.05, 0.1) is 6.42 Å². The van der Waals surface area contributed by atoms with E-state index in [1.807, 2.05) is 41.8 Å². The standard InChI is InChI=1S/C18H27N3O2/c1-3-8-19-18(23)21-10-5-9-20(11-12-21)17(22)14-16-7-4-6-15(2)13-16/h4,6-7,13H,3,5,8-12,14H2,1-2H3,(H,19,23). The largest absolute Gasteiger partial charge is 0.341 e. The van der Waals surface area contributed by atoms with Crippen LogP contribution in [0.1, 0.15) is 30.9 Å². The van der Waals surface area contributed by atoms with Crippen molar-refractivity contribution in [3.63, 3.8) is 0 Å². The van der Waals surface area contributed by atoms with Gasteiger partial charge in [-0.2, -0.15) is 0 Å². The van der Waals surface area contributed by atoms with Gasteiger partial charge in [-0.15, -0.1) is 0 Å². The Morgan fingerprint density at radius 1 is 1.13 bits per heavy atom. The molecule has 0 aliphatic carbocycles. The van der Waals surface area contributed by atoms with Gasteiger partial charge in [-0.05, 0) is 25.3 Å². The first-order valence-corrected chi connectivity index (χ1v) is 8.46. The summed E-state index contributed by atoms with van der Waals surface area (Å²) in [6, 6.07) is 8.06. The molecule has 5 nitrogen and oxygen atoms in total. The van der Waals surface area contributed by atoms with Crippen molar-refractivity contribution >= 4 is 11.9 Å². The van der Waals surface area contributed by atoms with Crippen LogP contribution < -0.4 is 5.32 Å². The number of hydrogen-bond donors (Lipinski definition) is 1. The Bertz CT molecular complexity index is 545. The summed E-state index contributed by atoms with van der Waals surface area (Å²) in [5, 5.41) is 2.90. The number of carbonyl (C=O) groups is 2. The van der Waals surface area contributed by atoms with Crippen molar-refractivity contribution in [2.75, 3.05) is 32.7 Å². The summed E-state index contributed by atoms with van der Waals surface area (Å²) < 4.78 is 0. The summed E-state index contributed by atoms with van der Waals surface area (Å²) >= 11 is 0. The molecule has 0 saturated carbocycles. The van der Waals surface area contributed by atoms with E-state index in [2.05, 4.69) is 11.4 Å². The van der Waals surface area contributed by atoms with Gasteiger partial charge in [0.25, 0.3) is 0 Å². The maximum atomic E-state index is 12.5. The SMILES string of the molecule is CCCNC(=O)N1CCCN(C(=O)Cc2cccc(C)c2)CC1. The minimum atomic E-state index is -0.0140. The fourth-order valence-corrected chi connectivity index (χ4v) is 2.82. The molecule has 1 aromatic carbocycles. The average Bonchev–Trinajstić information content (AvgIpc) is 2.78. The van der Waals surface area contributed by atoms with Crippen LogP contribution in [0.2, 0.25) is 0 Å². The third-order valence-corrected chi connectivity index (χ3v) is 4.10. The molecule has 0 unspecified atom stereocenters. The molecule has 0 bridgehead atoms. The summed E-state index contributed by atoms with van der Waals surface area (Å²) in [5.74, 6) is 0.145. The summed E-state index contributed by atoms with van der Waals surface area (Å²) in [6.07, 6.45) is 2.20. The zero-order valence-electron chi connectivity index (χ0n) is 14.2. The van der Waals surface area contributed by atoms with Crippen LogP contribution in [0.15, 0.2) is 24.3 Å². The summed E-state index contributed by atoms with van der Waals surface area (Å²) in [7, 11) is 0. The predicted octanol–water partition coefficient (Wildman–Crippen LogP) is 2.19. The molecule has 1 saturated heterocycles. The monoisotopic (exact) mass is 317 g/mol. The zero-order chi connectivity index (χ0) is 16.7. The van der Waals surface area contributed by atoms with Crippen LogP contribution in [0.3, 0.4) is 0 Å². The first kappa shape index (κ1) is 17.3. The second-order valence-electron chi connectivity index (χ2n) is 6.12. The number of amides is 3. The van der Waals surface area contributed by atoms with Crippen LogP contribution in [0.5, 0.6) is 0 Å². The fraction of sp³-hybridized carbons (Fsp3) is 0.556. The Morgan fingerprint density at radius 3 is 2.61 bits per heavy atom. The van der Waals surface area contributed by atoms with Crippen molar-refractivity contribution in [1.29, 1.82) is 0 Å². The minimum absolute atomic E-state index is 0.0140. The Hall–Kier alpha value is -2.04. The van der Waals surface area contributed by atoms with Gasteiger partial charge in [-0.25, -0.2) is 4.79 Å². The highest BCUT2D eigenvalue weighted by Crippen LogP contribution is 2.09. The molecule has 1 fully saturated rings. The number of hydrogen-bond acceptors (Lipinski definition) is 2. The van der Waals surface area contributed by atoms with Crippen molar-refractivity contribution in [3.05, 3.63) is 35.4 Å². The highest BCUT2D eigenvalue weighted by molar-refractivity contribution is 5.79. The number of rotatable bonds is 4. The summed E-state index contributed by atoms with van der Waals surface area (Å²) in [6.45, 7) is 7.43. The van der Waals surface area contributed by atoms with E-state index in [1.54, 1.807) is 0 Å². The number of benzene rings is 1. The van der Waals surface area contributed by atoms with Gasteiger partial charge in [-0.3, -0.25) is 4.79 Å². The molecule has 0 atom stereocenters. The van der Waals surface area contributed by atoms with Crippen molar-refractivity contribution in [3.8, 4) is 0 Å². The Labute approximate surface area is 138 Å². The Kier molecular flexibility index (Phi) is 6.44. The number of nitrogens with zero attached hydrogens (tertiary/aromatic N) is 2. The predicted molar refractivity (Wildman–Crippen MR) is 91.3 cm³/mol. The molecule has 2 rings (SSSR count). The van der Waals surface area contributed by atoms with E-state index < -0.39 is 0 Å². The molecule has 5 heteroatoms. The highest BCUT2D eigenvalue weighted by atomic mass is 16.2. The van der Waals surface area contributed by atoms with Gasteiger partial charge in [0.1, 0.15) is 0 Å². The maximum absolute atomic E-state index is 12.5. The summed E-state index contributed by atoms with van der Waals surface area (Å²) in [5.41, 5.74) is 2.22. The molecule has 0 radical (unpaired) electrons. The number of urea groups is 1. The second-order valence-corrected chi connectivity index (χ2v) is 6.12. The quantitative estimate of drug-likeness (QED) is 0.925. The first-order valence-electron chi connectivity index (χ1n) is 8.46. The van der Waals surface area contributed by atoms with E-state index >= 15 is 0 Å². The lowest BCUT2D eigenvalue weighted by Gasteiger charge is -2.22. The average molecular weight is 317 g/mol. The lowest BCUT2D eigenvalue weighted by molar-refractivity contribution is -0.130. The van der Waals surface area contributed by atoms with Crippen LogP contribution in [-0.4, -0.2) is 54.5 Å². The van der Waals surface area contributed by atoms with E-state index in [1.165, 1.54) is 5.56 Å². The van der Waals surface area contributed by atoms with Crippen LogP contribution in [0.4, 0.5) is 4.79 Å². The smallest absolute Gasteiger partial charge is 0.317 e. The van der Waals surface area contributed by atoms with Gasteiger partial charge in [0.2, 0.25) is 5.91 Å². The van der Waals surface area contributed by atoms with Gasteiger partial charge >= 0.3 is 6.03 Å².